The molecule has 1 aliphatic heterocycles. The summed E-state index contributed by atoms with van der Waals surface area (Å²) in [7, 11) is 0. The van der Waals surface area contributed by atoms with Gasteiger partial charge in [0.1, 0.15) is 0 Å². The Kier molecular flexibility index (Phi) is 3.38. The molecule has 1 amide bonds. The second-order valence-electron chi connectivity index (χ2n) is 5.56. The zero-order valence-electron chi connectivity index (χ0n) is 12.5. The van der Waals surface area contributed by atoms with Crippen molar-refractivity contribution in [3.63, 3.8) is 0 Å². The number of nitrogens with one attached hydrogen (secondary N) is 1. The van der Waals surface area contributed by atoms with Crippen LogP contribution in [0.1, 0.15) is 22.6 Å². The Labute approximate surface area is 132 Å². The molecule has 4 rings (SSSR count). The average molecular weight is 308 g/mol. The fraction of sp³-hybridized carbons (Fsp3) is 0.250. The molecule has 0 radical (unpaired) electrons. The molecule has 1 atom stereocenters. The van der Waals surface area contributed by atoms with E-state index in [4.69, 9.17) is 0 Å². The van der Waals surface area contributed by atoms with Gasteiger partial charge in [-0.1, -0.05) is 18.2 Å². The van der Waals surface area contributed by atoms with Crippen molar-refractivity contribution < 1.29 is 4.79 Å². The molecule has 0 saturated heterocycles. The molecule has 1 aliphatic rings. The van der Waals surface area contributed by atoms with Crippen molar-refractivity contribution in [1.29, 1.82) is 0 Å². The quantitative estimate of drug-likeness (QED) is 0.789. The summed E-state index contributed by atoms with van der Waals surface area (Å²) in [6.07, 6.45) is 4.95. The van der Waals surface area contributed by atoms with Crippen LogP contribution in [0.15, 0.2) is 48.8 Å². The van der Waals surface area contributed by atoms with Crippen LogP contribution in [0.2, 0.25) is 0 Å². The van der Waals surface area contributed by atoms with E-state index >= 15 is 0 Å². The summed E-state index contributed by atoms with van der Waals surface area (Å²) in [5.74, 6) is -0.190. The summed E-state index contributed by atoms with van der Waals surface area (Å²) in [5.41, 5.74) is 2.30. The van der Waals surface area contributed by atoms with E-state index in [-0.39, 0.29) is 11.9 Å². The summed E-state index contributed by atoms with van der Waals surface area (Å²) in [4.78, 5) is 13.8. The monoisotopic (exact) mass is 308 g/mol. The first-order valence-corrected chi connectivity index (χ1v) is 7.59. The molecular formula is C16H16N6O. The number of rotatable bonds is 3. The third-order valence-electron chi connectivity index (χ3n) is 4.00. The number of aryl methyl sites for hydroxylation is 1. The van der Waals surface area contributed by atoms with Gasteiger partial charge in [-0.25, -0.2) is 0 Å². The van der Waals surface area contributed by atoms with E-state index in [1.54, 1.807) is 6.20 Å². The van der Waals surface area contributed by atoms with Crippen molar-refractivity contribution in [3.8, 4) is 5.69 Å². The molecular weight excluding hydrogens is 292 g/mol. The SMILES string of the molecule is O=C(N[C@@H]1CCn2nccc2C1)c1cnn(-c2ccccc2)n1. The molecule has 7 nitrogen and oxygen atoms in total. The van der Waals surface area contributed by atoms with Crippen molar-refractivity contribution in [2.75, 3.05) is 0 Å². The van der Waals surface area contributed by atoms with Gasteiger partial charge in [-0.05, 0) is 24.6 Å². The zero-order chi connectivity index (χ0) is 15.6. The molecule has 3 heterocycles. The smallest absolute Gasteiger partial charge is 0.273 e. The van der Waals surface area contributed by atoms with Crippen LogP contribution in [0.25, 0.3) is 5.69 Å². The van der Waals surface area contributed by atoms with Gasteiger partial charge in [0, 0.05) is 30.9 Å². The fourth-order valence-corrected chi connectivity index (χ4v) is 2.80. The number of benzene rings is 1. The normalized spacial score (nSPS) is 16.8. The molecule has 0 unspecified atom stereocenters. The first-order chi connectivity index (χ1) is 11.3. The Bertz CT molecular complexity index is 822. The first kappa shape index (κ1) is 13.7. The average Bonchev–Trinajstić information content (AvgIpc) is 3.24. The Hall–Kier alpha value is -2.96. The van der Waals surface area contributed by atoms with Gasteiger partial charge in [-0.15, -0.1) is 5.10 Å². The van der Waals surface area contributed by atoms with Crippen molar-refractivity contribution in [3.05, 3.63) is 60.2 Å². The van der Waals surface area contributed by atoms with Gasteiger partial charge >= 0.3 is 0 Å². The number of hydrogen-bond acceptors (Lipinski definition) is 4. The molecule has 3 aromatic rings. The molecule has 1 N–H and O–H groups in total. The molecule has 116 valence electrons. The highest BCUT2D eigenvalue weighted by Crippen LogP contribution is 2.14. The van der Waals surface area contributed by atoms with Crippen molar-refractivity contribution in [1.82, 2.24) is 30.1 Å². The van der Waals surface area contributed by atoms with Crippen LogP contribution in [0, 0.1) is 0 Å². The largest absolute Gasteiger partial charge is 0.347 e. The Balaban J connectivity index is 1.45. The minimum Gasteiger partial charge on any atom is -0.347 e. The van der Waals surface area contributed by atoms with Gasteiger partial charge < -0.3 is 5.32 Å². The highest BCUT2D eigenvalue weighted by Gasteiger charge is 2.22. The molecule has 0 fully saturated rings. The minimum atomic E-state index is -0.190. The fourth-order valence-electron chi connectivity index (χ4n) is 2.80. The maximum Gasteiger partial charge on any atom is 0.273 e. The zero-order valence-corrected chi connectivity index (χ0v) is 12.5. The molecule has 0 bridgehead atoms. The van der Waals surface area contributed by atoms with Crippen LogP contribution in [-0.2, 0) is 13.0 Å². The van der Waals surface area contributed by atoms with Gasteiger partial charge in [0.15, 0.2) is 5.69 Å². The highest BCUT2D eigenvalue weighted by atomic mass is 16.2. The van der Waals surface area contributed by atoms with E-state index in [2.05, 4.69) is 20.6 Å². The van der Waals surface area contributed by atoms with Gasteiger partial charge in [0.05, 0.1) is 11.9 Å². The maximum absolute atomic E-state index is 12.4. The third-order valence-corrected chi connectivity index (χ3v) is 4.00. The predicted octanol–water partition coefficient (Wildman–Crippen LogP) is 1.21. The molecule has 2 aromatic heterocycles. The van der Waals surface area contributed by atoms with Crippen LogP contribution in [-0.4, -0.2) is 36.7 Å². The van der Waals surface area contributed by atoms with Gasteiger partial charge in [0.2, 0.25) is 0 Å². The molecule has 23 heavy (non-hydrogen) atoms. The number of fused-ring (bicyclic) bond motifs is 1. The number of hydrogen-bond donors (Lipinski definition) is 1. The number of nitrogens with zero attached hydrogens (tertiary/aromatic N) is 5. The topological polar surface area (TPSA) is 77.6 Å². The van der Waals surface area contributed by atoms with Gasteiger partial charge in [-0.3, -0.25) is 9.48 Å². The van der Waals surface area contributed by atoms with E-state index in [0.29, 0.717) is 5.69 Å². The first-order valence-electron chi connectivity index (χ1n) is 7.59. The second-order valence-corrected chi connectivity index (χ2v) is 5.56. The second kappa shape index (κ2) is 5.68. The lowest BCUT2D eigenvalue weighted by atomic mass is 10.0. The Morgan fingerprint density at radius 3 is 2.91 bits per heavy atom. The van der Waals surface area contributed by atoms with Crippen molar-refractivity contribution in [2.24, 2.45) is 0 Å². The van der Waals surface area contributed by atoms with E-state index in [1.165, 1.54) is 11.0 Å². The Morgan fingerprint density at radius 2 is 2.04 bits per heavy atom. The summed E-state index contributed by atoms with van der Waals surface area (Å²) in [6, 6.07) is 11.6. The van der Waals surface area contributed by atoms with E-state index in [9.17, 15) is 4.79 Å². The minimum absolute atomic E-state index is 0.105. The lowest BCUT2D eigenvalue weighted by Crippen LogP contribution is -2.40. The third kappa shape index (κ3) is 2.73. The summed E-state index contributed by atoms with van der Waals surface area (Å²) in [6.45, 7) is 0.823. The summed E-state index contributed by atoms with van der Waals surface area (Å²) < 4.78 is 1.98. The number of carbonyl (C=O) groups excluding carboxylic acids is 1. The van der Waals surface area contributed by atoms with Crippen molar-refractivity contribution >= 4 is 5.91 Å². The van der Waals surface area contributed by atoms with Crippen LogP contribution in [0.5, 0.6) is 0 Å². The predicted molar refractivity (Wildman–Crippen MR) is 83.2 cm³/mol. The standard InChI is InChI=1S/C16H16N6O/c23-16(19-12-7-9-21-14(10-12)6-8-17-21)15-11-18-22(20-15)13-4-2-1-3-5-13/h1-6,8,11-12H,7,9-10H2,(H,19,23)/t12-/m1/s1. The summed E-state index contributed by atoms with van der Waals surface area (Å²) >= 11 is 0. The van der Waals surface area contributed by atoms with E-state index in [0.717, 1.165) is 30.8 Å². The lowest BCUT2D eigenvalue weighted by Gasteiger charge is -2.23. The number of carbonyl (C=O) groups is 1. The molecule has 1 aromatic carbocycles. The van der Waals surface area contributed by atoms with Crippen LogP contribution < -0.4 is 5.32 Å². The number of aromatic nitrogens is 5. The molecule has 0 aliphatic carbocycles. The summed E-state index contributed by atoms with van der Waals surface area (Å²) in [5, 5.41) is 15.7. The Morgan fingerprint density at radius 1 is 1.17 bits per heavy atom. The highest BCUT2D eigenvalue weighted by molar-refractivity contribution is 5.92. The lowest BCUT2D eigenvalue weighted by molar-refractivity contribution is 0.0924. The molecule has 0 saturated carbocycles. The van der Waals surface area contributed by atoms with Crippen LogP contribution in [0.4, 0.5) is 0 Å². The van der Waals surface area contributed by atoms with Gasteiger partial charge in [0.25, 0.3) is 5.91 Å². The van der Waals surface area contributed by atoms with Crippen LogP contribution in [0.3, 0.4) is 0 Å². The molecule has 7 heteroatoms. The molecule has 0 spiro atoms. The number of amides is 1. The van der Waals surface area contributed by atoms with Crippen molar-refractivity contribution in [2.45, 2.75) is 25.4 Å². The van der Waals surface area contributed by atoms with E-state index < -0.39 is 0 Å². The van der Waals surface area contributed by atoms with E-state index in [1.807, 2.05) is 41.1 Å². The van der Waals surface area contributed by atoms with Gasteiger partial charge in [-0.2, -0.15) is 15.0 Å². The van der Waals surface area contributed by atoms with Crippen LogP contribution >= 0.6 is 0 Å². The maximum atomic E-state index is 12.4. The number of para-hydroxylation sites is 1.